The van der Waals surface area contributed by atoms with Gasteiger partial charge < -0.3 is 4.90 Å². The van der Waals surface area contributed by atoms with Crippen molar-refractivity contribution in [1.29, 1.82) is 0 Å². The van der Waals surface area contributed by atoms with Gasteiger partial charge in [-0.2, -0.15) is 0 Å². The van der Waals surface area contributed by atoms with Gasteiger partial charge in [-0.3, -0.25) is 14.7 Å². The van der Waals surface area contributed by atoms with Crippen LogP contribution in [0.25, 0.3) is 6.08 Å². The monoisotopic (exact) mass is 359 g/mol. The van der Waals surface area contributed by atoms with Crippen molar-refractivity contribution in [3.8, 4) is 0 Å². The van der Waals surface area contributed by atoms with Gasteiger partial charge in [-0.05, 0) is 48.4 Å². The van der Waals surface area contributed by atoms with Crippen molar-refractivity contribution in [2.45, 2.75) is 39.5 Å². The SMILES string of the molecule is CCCCN=C1SC(=Cc2ccc(N(C)C)cc2)C(=O)N1CCCC. The second kappa shape index (κ2) is 9.66. The Bertz CT molecular complexity index is 635. The van der Waals surface area contributed by atoms with Crippen LogP contribution in [0.15, 0.2) is 34.2 Å². The fraction of sp³-hybridized carbons (Fsp3) is 0.500. The minimum absolute atomic E-state index is 0.0883. The normalized spacial score (nSPS) is 17.8. The van der Waals surface area contributed by atoms with Crippen molar-refractivity contribution < 1.29 is 4.79 Å². The van der Waals surface area contributed by atoms with Gasteiger partial charge in [0.15, 0.2) is 5.17 Å². The van der Waals surface area contributed by atoms with Gasteiger partial charge >= 0.3 is 0 Å². The standard InChI is InChI=1S/C20H29N3OS/c1-5-7-13-21-20-23(14-8-6-2)19(24)18(25-20)15-16-9-11-17(12-10-16)22(3)4/h9-12,15H,5-8,13-14H2,1-4H3. The second-order valence-corrected chi connectivity index (χ2v) is 7.43. The lowest BCUT2D eigenvalue weighted by Crippen LogP contribution is -2.30. The summed E-state index contributed by atoms with van der Waals surface area (Å²) in [6, 6.07) is 8.25. The Hall–Kier alpha value is -1.75. The molecule has 1 heterocycles. The lowest BCUT2D eigenvalue weighted by Gasteiger charge is -2.14. The van der Waals surface area contributed by atoms with Crippen molar-refractivity contribution in [2.24, 2.45) is 4.99 Å². The van der Waals surface area contributed by atoms with Crippen molar-refractivity contribution in [2.75, 3.05) is 32.1 Å². The Kier molecular flexibility index (Phi) is 7.56. The van der Waals surface area contributed by atoms with Crippen molar-refractivity contribution >= 4 is 34.6 Å². The third kappa shape index (κ3) is 5.36. The summed E-state index contributed by atoms with van der Waals surface area (Å²) in [5, 5.41) is 0.864. The number of rotatable bonds is 8. The molecule has 1 aliphatic rings. The molecule has 0 saturated carbocycles. The quantitative estimate of drug-likeness (QED) is 0.502. The lowest BCUT2D eigenvalue weighted by atomic mass is 10.2. The van der Waals surface area contributed by atoms with Gasteiger partial charge in [-0.25, -0.2) is 0 Å². The number of thioether (sulfide) groups is 1. The highest BCUT2D eigenvalue weighted by molar-refractivity contribution is 8.18. The summed E-state index contributed by atoms with van der Waals surface area (Å²) >= 11 is 1.51. The Labute approximate surface area is 156 Å². The number of anilines is 1. The zero-order chi connectivity index (χ0) is 18.2. The summed E-state index contributed by atoms with van der Waals surface area (Å²) in [4.78, 5) is 22.1. The summed E-state index contributed by atoms with van der Waals surface area (Å²) in [6.07, 6.45) is 6.23. The van der Waals surface area contributed by atoms with Crippen LogP contribution in [0, 0.1) is 0 Å². The predicted octanol–water partition coefficient (Wildman–Crippen LogP) is 4.63. The third-order valence-electron chi connectivity index (χ3n) is 4.09. The zero-order valence-corrected chi connectivity index (χ0v) is 16.6. The Morgan fingerprint density at radius 2 is 1.80 bits per heavy atom. The fourth-order valence-electron chi connectivity index (χ4n) is 2.49. The van der Waals surface area contributed by atoms with Crippen LogP contribution in [0.1, 0.15) is 45.1 Å². The van der Waals surface area contributed by atoms with Gasteiger partial charge in [0, 0.05) is 32.9 Å². The number of amidine groups is 1. The highest BCUT2D eigenvalue weighted by atomic mass is 32.2. The van der Waals surface area contributed by atoms with Gasteiger partial charge in [-0.15, -0.1) is 0 Å². The Morgan fingerprint density at radius 1 is 1.12 bits per heavy atom. The number of carbonyl (C=O) groups is 1. The van der Waals surface area contributed by atoms with Crippen LogP contribution in [0.4, 0.5) is 5.69 Å². The van der Waals surface area contributed by atoms with E-state index in [4.69, 9.17) is 0 Å². The Morgan fingerprint density at radius 3 is 2.40 bits per heavy atom. The molecule has 0 bridgehead atoms. The van der Waals surface area contributed by atoms with Gasteiger partial charge in [0.05, 0.1) is 4.91 Å². The summed E-state index contributed by atoms with van der Waals surface area (Å²) in [5.74, 6) is 0.0883. The summed E-state index contributed by atoms with van der Waals surface area (Å²) < 4.78 is 0. The average molecular weight is 360 g/mol. The largest absolute Gasteiger partial charge is 0.378 e. The smallest absolute Gasteiger partial charge is 0.266 e. The summed E-state index contributed by atoms with van der Waals surface area (Å²) in [7, 11) is 4.04. The minimum atomic E-state index is 0.0883. The molecule has 1 aliphatic heterocycles. The first kappa shape index (κ1) is 19.6. The first-order valence-electron chi connectivity index (χ1n) is 9.10. The van der Waals surface area contributed by atoms with Crippen LogP contribution < -0.4 is 4.90 Å². The maximum absolute atomic E-state index is 12.8. The van der Waals surface area contributed by atoms with Crippen LogP contribution in [0.5, 0.6) is 0 Å². The summed E-state index contributed by atoms with van der Waals surface area (Å²) in [5.41, 5.74) is 2.20. The lowest BCUT2D eigenvalue weighted by molar-refractivity contribution is -0.122. The van der Waals surface area contributed by atoms with Gasteiger partial charge in [-0.1, -0.05) is 38.8 Å². The maximum Gasteiger partial charge on any atom is 0.266 e. The van der Waals surface area contributed by atoms with E-state index in [-0.39, 0.29) is 5.91 Å². The molecule has 5 heteroatoms. The predicted molar refractivity (Wildman–Crippen MR) is 110 cm³/mol. The van der Waals surface area contributed by atoms with E-state index in [9.17, 15) is 4.79 Å². The van der Waals surface area contributed by atoms with Gasteiger partial charge in [0.2, 0.25) is 0 Å². The molecule has 1 aromatic carbocycles. The van der Waals surface area contributed by atoms with Crippen molar-refractivity contribution in [1.82, 2.24) is 4.90 Å². The number of hydrogen-bond acceptors (Lipinski definition) is 4. The van der Waals surface area contributed by atoms with Gasteiger partial charge in [0.25, 0.3) is 5.91 Å². The topological polar surface area (TPSA) is 35.9 Å². The number of hydrogen-bond donors (Lipinski definition) is 0. The third-order valence-corrected chi connectivity index (χ3v) is 5.13. The molecule has 0 aliphatic carbocycles. The molecule has 0 unspecified atom stereocenters. The van der Waals surface area contributed by atoms with E-state index < -0.39 is 0 Å². The van der Waals surface area contributed by atoms with Gasteiger partial charge in [0.1, 0.15) is 0 Å². The summed E-state index contributed by atoms with van der Waals surface area (Å²) in [6.45, 7) is 5.85. The number of benzene rings is 1. The molecule has 25 heavy (non-hydrogen) atoms. The molecule has 136 valence electrons. The number of aliphatic imine (C=N–C) groups is 1. The van der Waals surface area contributed by atoms with E-state index in [2.05, 4.69) is 48.0 Å². The molecule has 0 radical (unpaired) electrons. The molecule has 1 saturated heterocycles. The zero-order valence-electron chi connectivity index (χ0n) is 15.8. The van der Waals surface area contributed by atoms with Crippen LogP contribution in [-0.2, 0) is 4.79 Å². The molecule has 2 rings (SSSR count). The minimum Gasteiger partial charge on any atom is -0.378 e. The maximum atomic E-state index is 12.8. The first-order chi connectivity index (χ1) is 12.1. The number of carbonyl (C=O) groups excluding carboxylic acids is 1. The van der Waals surface area contributed by atoms with E-state index in [0.29, 0.717) is 0 Å². The highest BCUT2D eigenvalue weighted by Gasteiger charge is 2.32. The van der Waals surface area contributed by atoms with Crippen LogP contribution in [0.2, 0.25) is 0 Å². The van der Waals surface area contributed by atoms with E-state index in [0.717, 1.165) is 60.1 Å². The van der Waals surface area contributed by atoms with Crippen molar-refractivity contribution in [3.63, 3.8) is 0 Å². The molecule has 0 atom stereocenters. The molecular weight excluding hydrogens is 330 g/mol. The Balaban J connectivity index is 2.19. The van der Waals surface area contributed by atoms with Crippen LogP contribution in [-0.4, -0.2) is 43.2 Å². The van der Waals surface area contributed by atoms with E-state index in [1.54, 1.807) is 0 Å². The van der Waals surface area contributed by atoms with E-state index in [1.807, 2.05) is 25.1 Å². The molecule has 0 spiro atoms. The first-order valence-corrected chi connectivity index (χ1v) is 9.91. The average Bonchev–Trinajstić information content (AvgIpc) is 2.89. The van der Waals surface area contributed by atoms with Crippen LogP contribution >= 0.6 is 11.8 Å². The van der Waals surface area contributed by atoms with E-state index >= 15 is 0 Å². The molecule has 1 aromatic rings. The second-order valence-electron chi connectivity index (χ2n) is 6.42. The molecule has 0 N–H and O–H groups in total. The van der Waals surface area contributed by atoms with E-state index in [1.165, 1.54) is 11.8 Å². The fourth-order valence-corrected chi connectivity index (χ4v) is 3.52. The molecule has 1 amide bonds. The number of amides is 1. The van der Waals surface area contributed by atoms with Crippen LogP contribution in [0.3, 0.4) is 0 Å². The molecule has 1 fully saturated rings. The van der Waals surface area contributed by atoms with Crippen molar-refractivity contribution in [3.05, 3.63) is 34.7 Å². The molecular formula is C20H29N3OS. The number of nitrogens with zero attached hydrogens (tertiary/aromatic N) is 3. The highest BCUT2D eigenvalue weighted by Crippen LogP contribution is 2.33. The molecule has 0 aromatic heterocycles. The number of unbranched alkanes of at least 4 members (excludes halogenated alkanes) is 2. The molecule has 4 nitrogen and oxygen atoms in total.